The van der Waals surface area contributed by atoms with Crippen molar-refractivity contribution in [1.82, 2.24) is 5.32 Å². The molecule has 0 amide bonds. The Morgan fingerprint density at radius 1 is 1.40 bits per heavy atom. The number of hydrogen-bond donors (Lipinski definition) is 1. The van der Waals surface area contributed by atoms with E-state index in [-0.39, 0.29) is 23.2 Å². The monoisotopic (exact) mass is 301 g/mol. The molecule has 114 valence electrons. The molecule has 0 radical (unpaired) electrons. The molecule has 0 aromatic heterocycles. The number of piperidine rings is 1. The van der Waals surface area contributed by atoms with Crippen LogP contribution in [0.4, 0.5) is 0 Å². The number of rotatable bonds is 8. The summed E-state index contributed by atoms with van der Waals surface area (Å²) >= 11 is 1.28. The van der Waals surface area contributed by atoms with Crippen molar-refractivity contribution >= 4 is 29.1 Å². The summed E-state index contributed by atoms with van der Waals surface area (Å²) in [4.78, 5) is 33.6. The highest BCUT2D eigenvalue weighted by Crippen LogP contribution is 2.19. The maximum atomic E-state index is 11.8. The number of carbonyl (C=O) groups excluding carboxylic acids is 3. The molecule has 0 aromatic carbocycles. The predicted molar refractivity (Wildman–Crippen MR) is 78.6 cm³/mol. The normalized spacial score (nSPS) is 22.2. The summed E-state index contributed by atoms with van der Waals surface area (Å²) in [6, 6.07) is -0.217. The molecular weight excluding hydrogens is 278 g/mol. The third-order valence-corrected chi connectivity index (χ3v) is 4.18. The zero-order valence-electron chi connectivity index (χ0n) is 11.9. The van der Waals surface area contributed by atoms with E-state index < -0.39 is 0 Å². The minimum Gasteiger partial charge on any atom is -0.465 e. The Hall–Kier alpha value is -0.880. The van der Waals surface area contributed by atoms with Crippen LogP contribution >= 0.6 is 11.8 Å². The number of esters is 1. The second kappa shape index (κ2) is 9.94. The molecular formula is C14H23NO4S. The Balaban J connectivity index is 2.27. The minimum atomic E-state index is -0.276. The molecule has 0 saturated carbocycles. The average molecular weight is 301 g/mol. The smallest absolute Gasteiger partial charge is 0.323 e. The molecule has 6 heteroatoms. The van der Waals surface area contributed by atoms with E-state index in [9.17, 15) is 14.4 Å². The van der Waals surface area contributed by atoms with E-state index in [1.807, 2.05) is 0 Å². The standard InChI is InChI=1S/C14H23NO4S/c1-2-19-14(18)12-7-5-6-11(15-12)10-13(17)20-9-4-3-8-16/h8,11-12,15H,2-7,9-10H2,1H3. The fourth-order valence-corrected chi connectivity index (χ4v) is 3.08. The van der Waals surface area contributed by atoms with E-state index >= 15 is 0 Å². The van der Waals surface area contributed by atoms with E-state index in [2.05, 4.69) is 5.32 Å². The molecule has 0 aromatic rings. The Morgan fingerprint density at radius 2 is 2.20 bits per heavy atom. The zero-order valence-corrected chi connectivity index (χ0v) is 12.7. The summed E-state index contributed by atoms with van der Waals surface area (Å²) in [6.07, 6.45) is 5.17. The van der Waals surface area contributed by atoms with Gasteiger partial charge in [0, 0.05) is 24.6 Å². The molecule has 1 N–H and O–H groups in total. The van der Waals surface area contributed by atoms with Crippen molar-refractivity contribution in [2.24, 2.45) is 0 Å². The lowest BCUT2D eigenvalue weighted by Gasteiger charge is -2.29. The van der Waals surface area contributed by atoms with Crippen molar-refractivity contribution in [3.05, 3.63) is 0 Å². The van der Waals surface area contributed by atoms with Gasteiger partial charge in [0.25, 0.3) is 0 Å². The number of aldehydes is 1. The summed E-state index contributed by atoms with van der Waals surface area (Å²) in [5.74, 6) is 0.467. The van der Waals surface area contributed by atoms with Gasteiger partial charge in [-0.15, -0.1) is 0 Å². The van der Waals surface area contributed by atoms with Crippen LogP contribution in [0.25, 0.3) is 0 Å². The summed E-state index contributed by atoms with van der Waals surface area (Å²) in [7, 11) is 0. The second-order valence-electron chi connectivity index (χ2n) is 4.83. The Labute approximate surface area is 124 Å². The molecule has 20 heavy (non-hydrogen) atoms. The maximum Gasteiger partial charge on any atom is 0.323 e. The topological polar surface area (TPSA) is 72.5 Å². The van der Waals surface area contributed by atoms with E-state index in [0.29, 0.717) is 25.2 Å². The molecule has 5 nitrogen and oxygen atoms in total. The van der Waals surface area contributed by atoms with Crippen LogP contribution in [0.3, 0.4) is 0 Å². The van der Waals surface area contributed by atoms with Gasteiger partial charge in [-0.25, -0.2) is 0 Å². The Kier molecular flexibility index (Phi) is 8.53. The zero-order chi connectivity index (χ0) is 14.8. The molecule has 0 spiro atoms. The number of carbonyl (C=O) groups is 3. The van der Waals surface area contributed by atoms with E-state index in [1.54, 1.807) is 6.92 Å². The van der Waals surface area contributed by atoms with Crippen molar-refractivity contribution in [3.63, 3.8) is 0 Å². The van der Waals surface area contributed by atoms with Crippen LogP contribution in [0.5, 0.6) is 0 Å². The third-order valence-electron chi connectivity index (χ3n) is 3.20. The fourth-order valence-electron chi connectivity index (χ4n) is 2.22. The summed E-state index contributed by atoms with van der Waals surface area (Å²) in [6.45, 7) is 2.17. The molecule has 1 aliphatic heterocycles. The van der Waals surface area contributed by atoms with Gasteiger partial charge in [-0.1, -0.05) is 11.8 Å². The van der Waals surface area contributed by atoms with Crippen LogP contribution in [0.1, 0.15) is 45.4 Å². The first-order valence-electron chi connectivity index (χ1n) is 7.19. The van der Waals surface area contributed by atoms with Crippen LogP contribution in [0.2, 0.25) is 0 Å². The molecule has 1 fully saturated rings. The SMILES string of the molecule is CCOC(=O)C1CCCC(CC(=O)SCCCC=O)N1. The van der Waals surface area contributed by atoms with Gasteiger partial charge in [-0.2, -0.15) is 0 Å². The molecule has 1 aliphatic rings. The molecule has 1 rings (SSSR count). The highest BCUT2D eigenvalue weighted by Gasteiger charge is 2.28. The number of nitrogens with one attached hydrogen (secondary N) is 1. The van der Waals surface area contributed by atoms with Crippen LogP contribution < -0.4 is 5.32 Å². The number of thioether (sulfide) groups is 1. The van der Waals surface area contributed by atoms with Gasteiger partial charge in [0.15, 0.2) is 5.12 Å². The highest BCUT2D eigenvalue weighted by molar-refractivity contribution is 8.13. The largest absolute Gasteiger partial charge is 0.465 e. The van der Waals surface area contributed by atoms with Crippen molar-refractivity contribution < 1.29 is 19.1 Å². The van der Waals surface area contributed by atoms with Crippen molar-refractivity contribution in [2.45, 2.75) is 57.5 Å². The lowest BCUT2D eigenvalue weighted by Crippen LogP contribution is -2.48. The van der Waals surface area contributed by atoms with Crippen molar-refractivity contribution in [1.29, 1.82) is 0 Å². The van der Waals surface area contributed by atoms with Gasteiger partial charge in [-0.3, -0.25) is 9.59 Å². The third kappa shape index (κ3) is 6.52. The molecule has 1 heterocycles. The van der Waals surface area contributed by atoms with Crippen molar-refractivity contribution in [2.75, 3.05) is 12.4 Å². The van der Waals surface area contributed by atoms with Gasteiger partial charge < -0.3 is 14.8 Å². The Morgan fingerprint density at radius 3 is 2.90 bits per heavy atom. The van der Waals surface area contributed by atoms with Gasteiger partial charge >= 0.3 is 5.97 Å². The predicted octanol–water partition coefficient (Wildman–Crippen LogP) is 1.69. The van der Waals surface area contributed by atoms with E-state index in [4.69, 9.17) is 4.74 Å². The van der Waals surface area contributed by atoms with Gasteiger partial charge in [0.2, 0.25) is 0 Å². The van der Waals surface area contributed by atoms with Gasteiger partial charge in [0.1, 0.15) is 12.3 Å². The van der Waals surface area contributed by atoms with E-state index in [1.165, 1.54) is 11.8 Å². The average Bonchev–Trinajstić information content (AvgIpc) is 2.44. The first-order chi connectivity index (χ1) is 9.67. The Bertz CT molecular complexity index is 335. The van der Waals surface area contributed by atoms with Crippen molar-refractivity contribution in [3.8, 4) is 0 Å². The molecule has 0 aliphatic carbocycles. The van der Waals surface area contributed by atoms with Crippen LogP contribution in [0.15, 0.2) is 0 Å². The van der Waals surface area contributed by atoms with Gasteiger partial charge in [-0.05, 0) is 32.6 Å². The maximum absolute atomic E-state index is 11.8. The van der Waals surface area contributed by atoms with Crippen LogP contribution in [-0.4, -0.2) is 41.8 Å². The molecule has 1 saturated heterocycles. The minimum absolute atomic E-state index is 0.0595. The fraction of sp³-hybridized carbons (Fsp3) is 0.786. The first kappa shape index (κ1) is 17.2. The molecule has 0 bridgehead atoms. The summed E-state index contributed by atoms with van der Waals surface area (Å²) in [5.41, 5.74) is 0. The molecule has 2 unspecified atom stereocenters. The number of ether oxygens (including phenoxy) is 1. The van der Waals surface area contributed by atoms with Crippen LogP contribution in [-0.2, 0) is 19.1 Å². The lowest BCUT2D eigenvalue weighted by atomic mass is 9.97. The summed E-state index contributed by atoms with van der Waals surface area (Å²) in [5, 5.41) is 3.33. The summed E-state index contributed by atoms with van der Waals surface area (Å²) < 4.78 is 5.00. The van der Waals surface area contributed by atoms with Gasteiger partial charge in [0.05, 0.1) is 6.61 Å². The molecule has 2 atom stereocenters. The van der Waals surface area contributed by atoms with E-state index in [0.717, 1.165) is 32.0 Å². The highest BCUT2D eigenvalue weighted by atomic mass is 32.2. The first-order valence-corrected chi connectivity index (χ1v) is 8.17. The number of hydrogen-bond acceptors (Lipinski definition) is 6. The lowest BCUT2D eigenvalue weighted by molar-refractivity contribution is -0.146. The number of unbranched alkanes of at least 4 members (excludes halogenated alkanes) is 1. The quantitative estimate of drug-likeness (QED) is 0.418. The van der Waals surface area contributed by atoms with Crippen LogP contribution in [0, 0.1) is 0 Å². The second-order valence-corrected chi connectivity index (χ2v) is 5.98.